The number of hydrogen-bond acceptors (Lipinski definition) is 4. The Balaban J connectivity index is 1.84. The Hall–Kier alpha value is -2.53. The third-order valence-corrected chi connectivity index (χ3v) is 4.92. The highest BCUT2D eigenvalue weighted by molar-refractivity contribution is 5.97. The highest BCUT2D eigenvalue weighted by Crippen LogP contribution is 2.36. The van der Waals surface area contributed by atoms with Crippen LogP contribution in [0.5, 0.6) is 11.5 Å². The van der Waals surface area contributed by atoms with Gasteiger partial charge in [-0.3, -0.25) is 4.79 Å². The van der Waals surface area contributed by atoms with Gasteiger partial charge in [0.15, 0.2) is 0 Å². The zero-order valence-corrected chi connectivity index (χ0v) is 15.6. The standard InChI is InChI=1S/C21H26N2O3/c1-14-11-17(20(25)12-19(14)24)21(26)23-10-4-5-18(23)16-8-6-15(7-9-16)13-22(2)3/h6-9,11-12,18,24-25H,4-5,10,13H2,1-3H3. The van der Waals surface area contributed by atoms with Crippen LogP contribution in [0.3, 0.4) is 0 Å². The summed E-state index contributed by atoms with van der Waals surface area (Å²) >= 11 is 0. The first-order chi connectivity index (χ1) is 12.4. The lowest BCUT2D eigenvalue weighted by Crippen LogP contribution is -2.30. The van der Waals surface area contributed by atoms with Crippen LogP contribution in [0.15, 0.2) is 36.4 Å². The Kier molecular flexibility index (Phi) is 5.18. The van der Waals surface area contributed by atoms with Crippen molar-refractivity contribution < 1.29 is 15.0 Å². The predicted molar refractivity (Wildman–Crippen MR) is 101 cm³/mol. The van der Waals surface area contributed by atoms with E-state index < -0.39 is 0 Å². The normalized spacial score (nSPS) is 17.1. The van der Waals surface area contributed by atoms with Crippen LogP contribution in [0.1, 0.15) is 45.9 Å². The van der Waals surface area contributed by atoms with Gasteiger partial charge in [0.05, 0.1) is 11.6 Å². The van der Waals surface area contributed by atoms with Crippen LogP contribution in [0.25, 0.3) is 0 Å². The molecule has 1 atom stereocenters. The van der Waals surface area contributed by atoms with Gasteiger partial charge in [0, 0.05) is 19.2 Å². The molecule has 2 aromatic rings. The zero-order chi connectivity index (χ0) is 18.8. The highest BCUT2D eigenvalue weighted by atomic mass is 16.3. The van der Waals surface area contributed by atoms with E-state index in [1.807, 2.05) is 19.0 Å². The minimum atomic E-state index is -0.189. The van der Waals surface area contributed by atoms with Gasteiger partial charge in [-0.15, -0.1) is 0 Å². The molecule has 0 aliphatic carbocycles. The number of carbonyl (C=O) groups excluding carboxylic acids is 1. The van der Waals surface area contributed by atoms with Crippen LogP contribution >= 0.6 is 0 Å². The maximum Gasteiger partial charge on any atom is 0.258 e. The molecule has 2 aromatic carbocycles. The van der Waals surface area contributed by atoms with Gasteiger partial charge in [0.1, 0.15) is 11.5 Å². The Morgan fingerprint density at radius 1 is 1.15 bits per heavy atom. The molecule has 1 amide bonds. The van der Waals surface area contributed by atoms with E-state index in [2.05, 4.69) is 29.2 Å². The Bertz CT molecular complexity index is 800. The van der Waals surface area contributed by atoms with Crippen LogP contribution in [0.4, 0.5) is 0 Å². The molecule has 5 heteroatoms. The van der Waals surface area contributed by atoms with Gasteiger partial charge < -0.3 is 20.0 Å². The first-order valence-electron chi connectivity index (χ1n) is 8.94. The molecule has 1 aliphatic rings. The van der Waals surface area contributed by atoms with Gasteiger partial charge >= 0.3 is 0 Å². The van der Waals surface area contributed by atoms with Crippen molar-refractivity contribution in [3.8, 4) is 11.5 Å². The summed E-state index contributed by atoms with van der Waals surface area (Å²) in [4.78, 5) is 17.0. The molecule has 26 heavy (non-hydrogen) atoms. The van der Waals surface area contributed by atoms with Crippen LogP contribution in [0, 0.1) is 6.92 Å². The summed E-state index contributed by atoms with van der Waals surface area (Å²) in [5.41, 5.74) is 3.18. The summed E-state index contributed by atoms with van der Waals surface area (Å²) in [5.74, 6) is -0.371. The van der Waals surface area contributed by atoms with Gasteiger partial charge in [-0.05, 0) is 56.6 Å². The number of benzene rings is 2. The van der Waals surface area contributed by atoms with Gasteiger partial charge in [-0.25, -0.2) is 0 Å². The molecular weight excluding hydrogens is 328 g/mol. The molecular formula is C21H26N2O3. The third-order valence-electron chi connectivity index (χ3n) is 4.92. The molecule has 0 aromatic heterocycles. The van der Waals surface area contributed by atoms with Crippen molar-refractivity contribution in [2.45, 2.75) is 32.4 Å². The Morgan fingerprint density at radius 3 is 2.50 bits per heavy atom. The molecule has 138 valence electrons. The molecule has 0 bridgehead atoms. The van der Waals surface area contributed by atoms with Gasteiger partial charge in [0.2, 0.25) is 0 Å². The van der Waals surface area contributed by atoms with Crippen LogP contribution in [-0.4, -0.2) is 46.6 Å². The van der Waals surface area contributed by atoms with Crippen molar-refractivity contribution in [3.05, 3.63) is 58.7 Å². The van der Waals surface area contributed by atoms with Gasteiger partial charge in [-0.2, -0.15) is 0 Å². The molecule has 1 aliphatic heterocycles. The number of aryl methyl sites for hydroxylation is 1. The molecule has 1 heterocycles. The number of amides is 1. The largest absolute Gasteiger partial charge is 0.508 e. The zero-order valence-electron chi connectivity index (χ0n) is 15.6. The molecule has 2 N–H and O–H groups in total. The lowest BCUT2D eigenvalue weighted by Gasteiger charge is -2.26. The number of carbonyl (C=O) groups is 1. The van der Waals surface area contributed by atoms with Crippen molar-refractivity contribution in [1.29, 1.82) is 0 Å². The molecule has 0 radical (unpaired) electrons. The minimum Gasteiger partial charge on any atom is -0.508 e. The minimum absolute atomic E-state index is 0.00602. The quantitative estimate of drug-likeness (QED) is 0.883. The Morgan fingerprint density at radius 2 is 1.85 bits per heavy atom. The SMILES string of the molecule is Cc1cc(C(=O)N2CCCC2c2ccc(CN(C)C)cc2)c(O)cc1O. The number of rotatable bonds is 4. The fourth-order valence-electron chi connectivity index (χ4n) is 3.58. The number of hydrogen-bond donors (Lipinski definition) is 2. The summed E-state index contributed by atoms with van der Waals surface area (Å²) < 4.78 is 0. The van der Waals surface area contributed by atoms with Crippen molar-refractivity contribution in [3.63, 3.8) is 0 Å². The number of nitrogens with zero attached hydrogens (tertiary/aromatic N) is 2. The van der Waals surface area contributed by atoms with Crippen LogP contribution < -0.4 is 0 Å². The van der Waals surface area contributed by atoms with E-state index in [-0.39, 0.29) is 29.0 Å². The molecule has 1 fully saturated rings. The fourth-order valence-corrected chi connectivity index (χ4v) is 3.58. The smallest absolute Gasteiger partial charge is 0.258 e. The van der Waals surface area contributed by atoms with Crippen molar-refractivity contribution in [1.82, 2.24) is 9.80 Å². The second-order valence-electron chi connectivity index (χ2n) is 7.29. The summed E-state index contributed by atoms with van der Waals surface area (Å²) in [6.07, 6.45) is 1.85. The van der Waals surface area contributed by atoms with Crippen molar-refractivity contribution >= 4 is 5.91 Å². The van der Waals surface area contributed by atoms with Crippen LogP contribution in [0.2, 0.25) is 0 Å². The van der Waals surface area contributed by atoms with Gasteiger partial charge in [-0.1, -0.05) is 24.3 Å². The molecule has 1 saturated heterocycles. The van der Waals surface area contributed by atoms with E-state index in [4.69, 9.17) is 0 Å². The molecule has 1 unspecified atom stereocenters. The molecule has 0 saturated carbocycles. The fraction of sp³-hybridized carbons (Fsp3) is 0.381. The maximum absolute atomic E-state index is 13.0. The monoisotopic (exact) mass is 354 g/mol. The number of likely N-dealkylation sites (tertiary alicyclic amines) is 1. The maximum atomic E-state index is 13.0. The average Bonchev–Trinajstić information content (AvgIpc) is 3.07. The second-order valence-corrected chi connectivity index (χ2v) is 7.29. The number of phenols is 2. The van der Waals surface area contributed by atoms with E-state index in [9.17, 15) is 15.0 Å². The Labute approximate surface area is 154 Å². The second kappa shape index (κ2) is 7.38. The van der Waals surface area contributed by atoms with E-state index in [0.29, 0.717) is 12.1 Å². The van der Waals surface area contributed by atoms with E-state index in [1.54, 1.807) is 13.0 Å². The lowest BCUT2D eigenvalue weighted by molar-refractivity contribution is 0.0732. The number of phenolic OH excluding ortho intramolecular Hbond substituents is 2. The molecule has 0 spiro atoms. The van der Waals surface area contributed by atoms with E-state index >= 15 is 0 Å². The summed E-state index contributed by atoms with van der Waals surface area (Å²) in [6.45, 7) is 3.27. The first kappa shape index (κ1) is 18.3. The topological polar surface area (TPSA) is 64.0 Å². The van der Waals surface area contributed by atoms with Crippen LogP contribution in [-0.2, 0) is 6.54 Å². The summed E-state index contributed by atoms with van der Waals surface area (Å²) in [7, 11) is 4.08. The third kappa shape index (κ3) is 3.68. The van der Waals surface area contributed by atoms with Crippen molar-refractivity contribution in [2.24, 2.45) is 0 Å². The number of aromatic hydroxyl groups is 2. The average molecular weight is 354 g/mol. The van der Waals surface area contributed by atoms with E-state index in [1.165, 1.54) is 11.6 Å². The predicted octanol–water partition coefficient (Wildman–Crippen LogP) is 3.45. The highest BCUT2D eigenvalue weighted by Gasteiger charge is 2.32. The lowest BCUT2D eigenvalue weighted by atomic mass is 10.0. The van der Waals surface area contributed by atoms with Crippen molar-refractivity contribution in [2.75, 3.05) is 20.6 Å². The van der Waals surface area contributed by atoms with E-state index in [0.717, 1.165) is 24.9 Å². The first-order valence-corrected chi connectivity index (χ1v) is 8.94. The summed E-state index contributed by atoms with van der Waals surface area (Å²) in [5, 5.41) is 19.8. The summed E-state index contributed by atoms with van der Waals surface area (Å²) in [6, 6.07) is 11.2. The van der Waals surface area contributed by atoms with Gasteiger partial charge in [0.25, 0.3) is 5.91 Å². The molecule has 5 nitrogen and oxygen atoms in total. The molecule has 3 rings (SSSR count).